The Balaban J connectivity index is 2.22. The molecule has 0 fully saturated rings. The fraction of sp³-hybridized carbons (Fsp3) is 0.417. The lowest BCUT2D eigenvalue weighted by atomic mass is 10.0. The monoisotopic (exact) mass is 246 g/mol. The van der Waals surface area contributed by atoms with Crippen LogP contribution in [0, 0.1) is 13.8 Å². The minimum Gasteiger partial charge on any atom is -0.271 e. The normalized spacial score (nSPS) is 12.7. The molecule has 18 heavy (non-hydrogen) atoms. The average Bonchev–Trinajstić information content (AvgIpc) is 2.72. The third-order valence-electron chi connectivity index (χ3n) is 2.85. The van der Waals surface area contributed by atoms with Crippen LogP contribution in [0.15, 0.2) is 18.5 Å². The van der Waals surface area contributed by atoms with Crippen LogP contribution in [-0.4, -0.2) is 20.0 Å². The molecule has 6 nitrogen and oxygen atoms in total. The first-order valence-electron chi connectivity index (χ1n) is 5.84. The van der Waals surface area contributed by atoms with Crippen molar-refractivity contribution in [1.82, 2.24) is 25.4 Å². The minimum atomic E-state index is -0.0534. The molecule has 0 aliphatic carbocycles. The van der Waals surface area contributed by atoms with E-state index in [1.807, 2.05) is 33.3 Å². The molecule has 0 saturated carbocycles. The van der Waals surface area contributed by atoms with Gasteiger partial charge in [0, 0.05) is 25.9 Å². The van der Waals surface area contributed by atoms with Gasteiger partial charge in [0.25, 0.3) is 0 Å². The van der Waals surface area contributed by atoms with Gasteiger partial charge in [0.15, 0.2) is 0 Å². The van der Waals surface area contributed by atoms with Crippen molar-refractivity contribution in [2.75, 3.05) is 0 Å². The summed E-state index contributed by atoms with van der Waals surface area (Å²) >= 11 is 0. The molecule has 6 heteroatoms. The second kappa shape index (κ2) is 5.24. The Kier molecular flexibility index (Phi) is 3.69. The Morgan fingerprint density at radius 2 is 2.22 bits per heavy atom. The number of nitrogens with zero attached hydrogens (tertiary/aromatic N) is 4. The van der Waals surface area contributed by atoms with Crippen molar-refractivity contribution >= 4 is 0 Å². The molecular weight excluding hydrogens is 228 g/mol. The maximum Gasteiger partial charge on any atom is 0.0847 e. The van der Waals surface area contributed by atoms with E-state index in [0.717, 1.165) is 22.5 Å². The van der Waals surface area contributed by atoms with Gasteiger partial charge in [0.05, 0.1) is 17.4 Å². The molecule has 0 spiro atoms. The lowest BCUT2D eigenvalue weighted by Gasteiger charge is -2.16. The van der Waals surface area contributed by atoms with E-state index in [2.05, 4.69) is 26.8 Å². The number of pyridine rings is 1. The number of aromatic nitrogens is 4. The number of hydrazine groups is 1. The number of aryl methyl sites for hydroxylation is 3. The van der Waals surface area contributed by atoms with Crippen molar-refractivity contribution in [3.05, 3.63) is 41.0 Å². The summed E-state index contributed by atoms with van der Waals surface area (Å²) in [6.07, 6.45) is 4.40. The highest BCUT2D eigenvalue weighted by Gasteiger charge is 2.16. The third kappa shape index (κ3) is 2.72. The van der Waals surface area contributed by atoms with Crippen molar-refractivity contribution in [2.24, 2.45) is 12.9 Å². The summed E-state index contributed by atoms with van der Waals surface area (Å²) in [6, 6.07) is 2.05. The Bertz CT molecular complexity index is 533. The first-order valence-corrected chi connectivity index (χ1v) is 5.84. The van der Waals surface area contributed by atoms with Gasteiger partial charge in [0.1, 0.15) is 0 Å². The fourth-order valence-electron chi connectivity index (χ4n) is 2.02. The lowest BCUT2D eigenvalue weighted by molar-refractivity contribution is 0.529. The van der Waals surface area contributed by atoms with Gasteiger partial charge in [-0.15, -0.1) is 5.10 Å². The second-order valence-electron chi connectivity index (χ2n) is 4.52. The highest BCUT2D eigenvalue weighted by atomic mass is 15.4. The number of nitrogens with one attached hydrogen (secondary N) is 1. The summed E-state index contributed by atoms with van der Waals surface area (Å²) < 4.78 is 1.68. The van der Waals surface area contributed by atoms with E-state index in [1.54, 1.807) is 4.68 Å². The van der Waals surface area contributed by atoms with Crippen molar-refractivity contribution in [1.29, 1.82) is 0 Å². The maximum absolute atomic E-state index is 5.62. The summed E-state index contributed by atoms with van der Waals surface area (Å²) in [5.74, 6) is 5.62. The van der Waals surface area contributed by atoms with Crippen LogP contribution in [-0.2, 0) is 13.5 Å². The van der Waals surface area contributed by atoms with Crippen LogP contribution in [0.25, 0.3) is 0 Å². The van der Waals surface area contributed by atoms with Crippen LogP contribution in [0.4, 0.5) is 0 Å². The molecule has 0 amide bonds. The zero-order valence-corrected chi connectivity index (χ0v) is 10.9. The first-order chi connectivity index (χ1) is 8.60. The van der Waals surface area contributed by atoms with E-state index in [4.69, 9.17) is 5.84 Å². The first kappa shape index (κ1) is 12.7. The minimum absolute atomic E-state index is 0.0534. The molecule has 96 valence electrons. The lowest BCUT2D eigenvalue weighted by Crippen LogP contribution is -2.31. The predicted octanol–water partition coefficient (Wildman–Crippen LogP) is 0.574. The Hall–Kier alpha value is -1.79. The molecular formula is C12H18N6. The molecule has 2 aromatic heterocycles. The summed E-state index contributed by atoms with van der Waals surface area (Å²) in [4.78, 5) is 4.45. The summed E-state index contributed by atoms with van der Waals surface area (Å²) in [7, 11) is 1.84. The molecule has 2 heterocycles. The van der Waals surface area contributed by atoms with E-state index in [0.29, 0.717) is 6.42 Å². The van der Waals surface area contributed by atoms with Crippen molar-refractivity contribution in [3.8, 4) is 0 Å². The number of hydrogen-bond acceptors (Lipinski definition) is 5. The molecule has 0 aromatic carbocycles. The molecule has 1 unspecified atom stereocenters. The van der Waals surface area contributed by atoms with E-state index >= 15 is 0 Å². The molecule has 0 bridgehead atoms. The van der Waals surface area contributed by atoms with Gasteiger partial charge in [-0.2, -0.15) is 0 Å². The molecule has 2 rings (SSSR count). The Morgan fingerprint density at radius 1 is 1.44 bits per heavy atom. The molecule has 0 aliphatic rings. The van der Waals surface area contributed by atoms with Gasteiger partial charge in [-0.25, -0.2) is 0 Å². The van der Waals surface area contributed by atoms with Crippen LogP contribution in [0.5, 0.6) is 0 Å². The van der Waals surface area contributed by atoms with Gasteiger partial charge in [-0.3, -0.25) is 20.9 Å². The van der Waals surface area contributed by atoms with Crippen LogP contribution in [0.1, 0.15) is 28.6 Å². The molecule has 0 aliphatic heterocycles. The zero-order chi connectivity index (χ0) is 13.1. The molecule has 3 N–H and O–H groups in total. The smallest absolute Gasteiger partial charge is 0.0847 e. The van der Waals surface area contributed by atoms with Gasteiger partial charge in [-0.05, 0) is 25.0 Å². The Labute approximate surface area is 106 Å². The summed E-state index contributed by atoms with van der Waals surface area (Å²) in [6.45, 7) is 4.06. The number of rotatable bonds is 4. The third-order valence-corrected chi connectivity index (χ3v) is 2.85. The van der Waals surface area contributed by atoms with E-state index in [-0.39, 0.29) is 6.04 Å². The zero-order valence-electron chi connectivity index (χ0n) is 10.9. The Morgan fingerprint density at radius 3 is 2.78 bits per heavy atom. The topological polar surface area (TPSA) is 81.7 Å². The van der Waals surface area contributed by atoms with Crippen molar-refractivity contribution < 1.29 is 0 Å². The maximum atomic E-state index is 5.62. The van der Waals surface area contributed by atoms with Gasteiger partial charge in [0.2, 0.25) is 0 Å². The van der Waals surface area contributed by atoms with Crippen LogP contribution in [0.2, 0.25) is 0 Å². The molecule has 1 atom stereocenters. The van der Waals surface area contributed by atoms with E-state index in [9.17, 15) is 0 Å². The molecule has 0 radical (unpaired) electrons. The standard InChI is InChI=1S/C12H18N6/c1-8-4-9(2)12(14-6-8)11(15-13)5-10-7-18(3)17-16-10/h4,6-7,11,15H,5,13H2,1-3H3. The highest BCUT2D eigenvalue weighted by Crippen LogP contribution is 2.18. The van der Waals surface area contributed by atoms with Crippen LogP contribution >= 0.6 is 0 Å². The van der Waals surface area contributed by atoms with Crippen molar-refractivity contribution in [2.45, 2.75) is 26.3 Å². The largest absolute Gasteiger partial charge is 0.271 e. The van der Waals surface area contributed by atoms with Crippen molar-refractivity contribution in [3.63, 3.8) is 0 Å². The highest BCUT2D eigenvalue weighted by molar-refractivity contribution is 5.26. The summed E-state index contributed by atoms with van der Waals surface area (Å²) in [5, 5.41) is 7.98. The predicted molar refractivity (Wildman–Crippen MR) is 68.5 cm³/mol. The second-order valence-corrected chi connectivity index (χ2v) is 4.52. The number of nitrogens with two attached hydrogens (primary N) is 1. The summed E-state index contributed by atoms with van der Waals surface area (Å²) in [5.41, 5.74) is 6.91. The average molecular weight is 246 g/mol. The SMILES string of the molecule is Cc1cnc(C(Cc2cn(C)nn2)NN)c(C)c1. The van der Waals surface area contributed by atoms with Gasteiger partial charge < -0.3 is 0 Å². The quantitative estimate of drug-likeness (QED) is 0.609. The van der Waals surface area contributed by atoms with Gasteiger partial charge >= 0.3 is 0 Å². The van der Waals surface area contributed by atoms with Crippen LogP contribution < -0.4 is 11.3 Å². The van der Waals surface area contributed by atoms with Crippen LogP contribution in [0.3, 0.4) is 0 Å². The fourth-order valence-corrected chi connectivity index (χ4v) is 2.02. The number of hydrogen-bond donors (Lipinski definition) is 2. The van der Waals surface area contributed by atoms with E-state index in [1.165, 1.54) is 0 Å². The molecule has 0 saturated heterocycles. The molecule has 2 aromatic rings. The van der Waals surface area contributed by atoms with Gasteiger partial charge in [-0.1, -0.05) is 11.3 Å². The van der Waals surface area contributed by atoms with E-state index < -0.39 is 0 Å².